The van der Waals surface area contributed by atoms with E-state index in [2.05, 4.69) is 15.8 Å². The van der Waals surface area contributed by atoms with Crippen LogP contribution in [-0.2, 0) is 9.59 Å². The number of hydrogen-bond donors (Lipinski definition) is 2. The first-order chi connectivity index (χ1) is 12.0. The summed E-state index contributed by atoms with van der Waals surface area (Å²) in [5.41, 5.74) is 3.22. The molecule has 2 amide bonds. The first kappa shape index (κ1) is 19.0. The Morgan fingerprint density at radius 2 is 1.84 bits per heavy atom. The monoisotopic (exact) mass is 345 g/mol. The molecule has 136 valence electrons. The van der Waals surface area contributed by atoms with E-state index in [0.717, 1.165) is 37.0 Å². The van der Waals surface area contributed by atoms with Crippen LogP contribution in [0.2, 0.25) is 0 Å². The summed E-state index contributed by atoms with van der Waals surface area (Å²) in [6, 6.07) is 7.61. The van der Waals surface area contributed by atoms with Gasteiger partial charge in [0.05, 0.1) is 12.3 Å². The van der Waals surface area contributed by atoms with Crippen LogP contribution >= 0.6 is 0 Å². The highest BCUT2D eigenvalue weighted by Crippen LogP contribution is 2.17. The quantitative estimate of drug-likeness (QED) is 0.453. The topological polar surface area (TPSA) is 79.8 Å². The number of carbonyl (C=O) groups is 2. The van der Waals surface area contributed by atoms with Crippen molar-refractivity contribution in [3.05, 3.63) is 29.8 Å². The summed E-state index contributed by atoms with van der Waals surface area (Å²) >= 11 is 0. The minimum absolute atomic E-state index is 0.124. The van der Waals surface area contributed by atoms with Crippen molar-refractivity contribution in [3.8, 4) is 5.75 Å². The van der Waals surface area contributed by atoms with Gasteiger partial charge in [0.15, 0.2) is 0 Å². The molecule has 0 saturated heterocycles. The molecule has 0 aromatic heterocycles. The molecule has 0 aliphatic heterocycles. The van der Waals surface area contributed by atoms with E-state index < -0.39 is 5.91 Å². The molecule has 1 saturated carbocycles. The van der Waals surface area contributed by atoms with Gasteiger partial charge in [-0.2, -0.15) is 5.10 Å². The highest BCUT2D eigenvalue weighted by molar-refractivity contribution is 5.97. The number of hydrazone groups is 1. The van der Waals surface area contributed by atoms with Crippen LogP contribution < -0.4 is 15.5 Å². The fourth-order valence-electron chi connectivity index (χ4n) is 2.79. The largest absolute Gasteiger partial charge is 0.491 e. The third-order valence-corrected chi connectivity index (χ3v) is 3.95. The Bertz CT molecular complexity index is 590. The zero-order valence-electron chi connectivity index (χ0n) is 15.0. The van der Waals surface area contributed by atoms with Gasteiger partial charge >= 0.3 is 0 Å². The molecule has 1 aliphatic carbocycles. The van der Waals surface area contributed by atoms with Gasteiger partial charge in [-0.05, 0) is 56.5 Å². The molecule has 0 atom stereocenters. The molecule has 1 aromatic carbocycles. The van der Waals surface area contributed by atoms with Crippen molar-refractivity contribution in [2.24, 2.45) is 5.10 Å². The molecule has 0 heterocycles. The molecule has 2 N–H and O–H groups in total. The molecule has 6 nitrogen and oxygen atoms in total. The second kappa shape index (κ2) is 9.81. The van der Waals surface area contributed by atoms with Gasteiger partial charge in [-0.15, -0.1) is 0 Å². The van der Waals surface area contributed by atoms with Crippen molar-refractivity contribution in [2.75, 3.05) is 0 Å². The molecule has 6 heteroatoms. The van der Waals surface area contributed by atoms with Crippen LogP contribution in [0, 0.1) is 0 Å². The van der Waals surface area contributed by atoms with E-state index in [1.807, 2.05) is 38.1 Å². The lowest BCUT2D eigenvalue weighted by Crippen LogP contribution is -2.38. The molecular formula is C19H27N3O3. The average molecular weight is 345 g/mol. The Morgan fingerprint density at radius 1 is 1.16 bits per heavy atom. The Balaban J connectivity index is 1.71. The van der Waals surface area contributed by atoms with Gasteiger partial charge in [-0.25, -0.2) is 5.43 Å². The van der Waals surface area contributed by atoms with E-state index >= 15 is 0 Å². The van der Waals surface area contributed by atoms with Gasteiger partial charge in [-0.3, -0.25) is 9.59 Å². The SMILES string of the molecule is CC(C)Oc1ccc(C=NNC(=O)CC(=O)NC2CCCCC2)cc1. The van der Waals surface area contributed by atoms with Gasteiger partial charge in [0, 0.05) is 6.04 Å². The maximum Gasteiger partial charge on any atom is 0.249 e. The number of carbonyl (C=O) groups excluding carboxylic acids is 2. The van der Waals surface area contributed by atoms with E-state index in [0.29, 0.717) is 0 Å². The molecule has 0 spiro atoms. The second-order valence-electron chi connectivity index (χ2n) is 6.61. The lowest BCUT2D eigenvalue weighted by Gasteiger charge is -2.22. The van der Waals surface area contributed by atoms with Crippen LogP contribution in [0.15, 0.2) is 29.4 Å². The predicted molar refractivity (Wildman–Crippen MR) is 97.6 cm³/mol. The van der Waals surface area contributed by atoms with Crippen LogP contribution in [0.1, 0.15) is 57.9 Å². The Labute approximate surface area is 149 Å². The molecule has 0 unspecified atom stereocenters. The summed E-state index contributed by atoms with van der Waals surface area (Å²) < 4.78 is 5.56. The van der Waals surface area contributed by atoms with Crippen molar-refractivity contribution in [1.82, 2.24) is 10.7 Å². The van der Waals surface area contributed by atoms with Crippen molar-refractivity contribution in [1.29, 1.82) is 0 Å². The van der Waals surface area contributed by atoms with Crippen molar-refractivity contribution < 1.29 is 14.3 Å². The number of nitrogens with zero attached hydrogens (tertiary/aromatic N) is 1. The van der Waals surface area contributed by atoms with E-state index in [1.165, 1.54) is 12.6 Å². The summed E-state index contributed by atoms with van der Waals surface area (Å²) in [4.78, 5) is 23.6. The molecule has 0 radical (unpaired) electrons. The number of rotatable bonds is 7. The third-order valence-electron chi connectivity index (χ3n) is 3.95. The molecule has 1 aliphatic rings. The highest BCUT2D eigenvalue weighted by Gasteiger charge is 2.17. The normalized spacial score (nSPS) is 15.3. The maximum absolute atomic E-state index is 11.8. The summed E-state index contributed by atoms with van der Waals surface area (Å²) in [6.07, 6.45) is 6.98. The second-order valence-corrected chi connectivity index (χ2v) is 6.61. The van der Waals surface area contributed by atoms with Crippen LogP contribution in [0.3, 0.4) is 0 Å². The molecule has 25 heavy (non-hydrogen) atoms. The minimum atomic E-state index is -0.413. The standard InChI is InChI=1S/C19H27N3O3/c1-14(2)25-17-10-8-15(9-11-17)13-20-22-19(24)12-18(23)21-16-6-4-3-5-7-16/h8-11,13-14,16H,3-7,12H2,1-2H3,(H,21,23)(H,22,24). The first-order valence-electron chi connectivity index (χ1n) is 8.91. The number of amides is 2. The Kier molecular flexibility index (Phi) is 7.44. The van der Waals surface area contributed by atoms with Gasteiger partial charge in [0.25, 0.3) is 0 Å². The van der Waals surface area contributed by atoms with E-state index in [-0.39, 0.29) is 24.5 Å². The van der Waals surface area contributed by atoms with Crippen molar-refractivity contribution in [2.45, 2.75) is 64.5 Å². The number of hydrogen-bond acceptors (Lipinski definition) is 4. The predicted octanol–water partition coefficient (Wildman–Crippen LogP) is 2.76. The van der Waals surface area contributed by atoms with Gasteiger partial charge in [0.1, 0.15) is 12.2 Å². The van der Waals surface area contributed by atoms with Crippen molar-refractivity contribution in [3.63, 3.8) is 0 Å². The average Bonchev–Trinajstić information content (AvgIpc) is 2.56. The summed E-state index contributed by atoms with van der Waals surface area (Å²) in [7, 11) is 0. The summed E-state index contributed by atoms with van der Waals surface area (Å²) in [5.74, 6) is 0.134. The summed E-state index contributed by atoms with van der Waals surface area (Å²) in [5, 5.41) is 6.80. The maximum atomic E-state index is 11.8. The third kappa shape index (κ3) is 7.37. The van der Waals surface area contributed by atoms with Gasteiger partial charge in [0.2, 0.25) is 11.8 Å². The lowest BCUT2D eigenvalue weighted by molar-refractivity contribution is -0.129. The molecule has 1 fully saturated rings. The minimum Gasteiger partial charge on any atom is -0.491 e. The zero-order valence-corrected chi connectivity index (χ0v) is 15.0. The molecule has 1 aromatic rings. The zero-order chi connectivity index (χ0) is 18.1. The fraction of sp³-hybridized carbons (Fsp3) is 0.526. The van der Waals surface area contributed by atoms with E-state index in [9.17, 15) is 9.59 Å². The van der Waals surface area contributed by atoms with Crippen LogP contribution in [0.25, 0.3) is 0 Å². The first-order valence-corrected chi connectivity index (χ1v) is 8.91. The highest BCUT2D eigenvalue weighted by atomic mass is 16.5. The summed E-state index contributed by atoms with van der Waals surface area (Å²) in [6.45, 7) is 3.94. The number of ether oxygens (including phenoxy) is 1. The molecular weight excluding hydrogens is 318 g/mol. The van der Waals surface area contributed by atoms with Crippen LogP contribution in [0.4, 0.5) is 0 Å². The van der Waals surface area contributed by atoms with E-state index in [1.54, 1.807) is 0 Å². The van der Waals surface area contributed by atoms with Crippen molar-refractivity contribution >= 4 is 18.0 Å². The van der Waals surface area contributed by atoms with Gasteiger partial charge in [-0.1, -0.05) is 19.3 Å². The Morgan fingerprint density at radius 3 is 2.48 bits per heavy atom. The number of nitrogens with one attached hydrogen (secondary N) is 2. The molecule has 0 bridgehead atoms. The van der Waals surface area contributed by atoms with E-state index in [4.69, 9.17) is 4.74 Å². The fourth-order valence-corrected chi connectivity index (χ4v) is 2.79. The Hall–Kier alpha value is -2.37. The smallest absolute Gasteiger partial charge is 0.249 e. The van der Waals surface area contributed by atoms with Crippen LogP contribution in [-0.4, -0.2) is 30.2 Å². The lowest BCUT2D eigenvalue weighted by atomic mass is 9.95. The van der Waals surface area contributed by atoms with Gasteiger partial charge < -0.3 is 10.1 Å². The number of benzene rings is 1. The molecule has 2 rings (SSSR count). The van der Waals surface area contributed by atoms with Crippen LogP contribution in [0.5, 0.6) is 5.75 Å².